The highest BCUT2D eigenvalue weighted by Gasteiger charge is 2.23. The van der Waals surface area contributed by atoms with E-state index < -0.39 is 0 Å². The van der Waals surface area contributed by atoms with Crippen LogP contribution in [-0.4, -0.2) is 59.7 Å². The van der Waals surface area contributed by atoms with Crippen LogP contribution in [0.3, 0.4) is 0 Å². The molecule has 3 rings (SSSR count). The first-order chi connectivity index (χ1) is 11.7. The SMILES string of the molecule is CN=C(C)c1cccc(C(=O)N2CCN(c3ncccn3)CC2)c1. The van der Waals surface area contributed by atoms with Gasteiger partial charge in [-0.3, -0.25) is 9.79 Å². The maximum Gasteiger partial charge on any atom is 0.253 e. The lowest BCUT2D eigenvalue weighted by Gasteiger charge is -2.34. The highest BCUT2D eigenvalue weighted by molar-refractivity contribution is 6.02. The molecule has 0 aliphatic carbocycles. The number of aliphatic imine (C=N–C) groups is 1. The van der Waals surface area contributed by atoms with Gasteiger partial charge in [-0.05, 0) is 30.7 Å². The Morgan fingerprint density at radius 3 is 2.38 bits per heavy atom. The predicted molar refractivity (Wildman–Crippen MR) is 94.7 cm³/mol. The third-order valence-electron chi connectivity index (χ3n) is 4.26. The van der Waals surface area contributed by atoms with Crippen LogP contribution >= 0.6 is 0 Å². The van der Waals surface area contributed by atoms with Gasteiger partial charge in [-0.1, -0.05) is 12.1 Å². The Morgan fingerprint density at radius 2 is 1.71 bits per heavy atom. The summed E-state index contributed by atoms with van der Waals surface area (Å²) in [5.41, 5.74) is 2.62. The average Bonchev–Trinajstić information content (AvgIpc) is 2.67. The van der Waals surface area contributed by atoms with E-state index in [1.54, 1.807) is 25.5 Å². The minimum absolute atomic E-state index is 0.0642. The van der Waals surface area contributed by atoms with Crippen LogP contribution in [-0.2, 0) is 0 Å². The first kappa shape index (κ1) is 16.1. The van der Waals surface area contributed by atoms with Crippen molar-refractivity contribution in [1.82, 2.24) is 14.9 Å². The van der Waals surface area contributed by atoms with Gasteiger partial charge in [0.05, 0.1) is 0 Å². The van der Waals surface area contributed by atoms with E-state index in [0.717, 1.165) is 30.3 Å². The fraction of sp³-hybridized carbons (Fsp3) is 0.333. The first-order valence-electron chi connectivity index (χ1n) is 8.04. The van der Waals surface area contributed by atoms with Crippen LogP contribution in [0.4, 0.5) is 5.95 Å². The average molecular weight is 323 g/mol. The number of carbonyl (C=O) groups is 1. The van der Waals surface area contributed by atoms with Crippen LogP contribution in [0.15, 0.2) is 47.7 Å². The van der Waals surface area contributed by atoms with E-state index in [1.807, 2.05) is 36.1 Å². The Labute approximate surface area is 141 Å². The lowest BCUT2D eigenvalue weighted by atomic mass is 10.1. The Hall–Kier alpha value is -2.76. The Balaban J connectivity index is 1.67. The van der Waals surface area contributed by atoms with Crippen molar-refractivity contribution in [2.45, 2.75) is 6.92 Å². The highest BCUT2D eigenvalue weighted by atomic mass is 16.2. The molecule has 0 unspecified atom stereocenters. The summed E-state index contributed by atoms with van der Waals surface area (Å²) in [7, 11) is 1.76. The number of aromatic nitrogens is 2. The molecule has 0 atom stereocenters. The van der Waals surface area contributed by atoms with Crippen LogP contribution in [0.25, 0.3) is 0 Å². The quantitative estimate of drug-likeness (QED) is 0.809. The molecule has 1 amide bonds. The van der Waals surface area contributed by atoms with Gasteiger partial charge < -0.3 is 9.80 Å². The summed E-state index contributed by atoms with van der Waals surface area (Å²) in [5, 5.41) is 0. The molecule has 2 heterocycles. The highest BCUT2D eigenvalue weighted by Crippen LogP contribution is 2.14. The molecule has 1 aliphatic heterocycles. The van der Waals surface area contributed by atoms with Gasteiger partial charge in [-0.2, -0.15) is 0 Å². The normalized spacial score (nSPS) is 15.5. The third kappa shape index (κ3) is 3.42. The summed E-state index contributed by atoms with van der Waals surface area (Å²) in [6.07, 6.45) is 3.48. The molecule has 1 aromatic carbocycles. The number of amides is 1. The van der Waals surface area contributed by atoms with E-state index in [1.165, 1.54) is 0 Å². The van der Waals surface area contributed by atoms with Crippen LogP contribution in [0.1, 0.15) is 22.8 Å². The molecule has 0 bridgehead atoms. The fourth-order valence-electron chi connectivity index (χ4n) is 2.75. The standard InChI is InChI=1S/C18H21N5O/c1-14(19-2)15-5-3-6-16(13-15)17(24)22-9-11-23(12-10-22)18-20-7-4-8-21-18/h3-8,13H,9-12H2,1-2H3. The molecule has 124 valence electrons. The summed E-state index contributed by atoms with van der Waals surface area (Å²) in [6, 6.07) is 9.46. The molecular weight excluding hydrogens is 302 g/mol. The zero-order chi connectivity index (χ0) is 16.9. The maximum atomic E-state index is 12.7. The number of nitrogens with zero attached hydrogens (tertiary/aromatic N) is 5. The monoisotopic (exact) mass is 323 g/mol. The number of hydrogen-bond donors (Lipinski definition) is 0. The minimum atomic E-state index is 0.0642. The molecule has 1 aliphatic rings. The molecule has 0 saturated carbocycles. The molecule has 0 radical (unpaired) electrons. The Bertz CT molecular complexity index is 736. The Morgan fingerprint density at radius 1 is 1.04 bits per heavy atom. The molecule has 6 nitrogen and oxygen atoms in total. The smallest absolute Gasteiger partial charge is 0.253 e. The lowest BCUT2D eigenvalue weighted by Crippen LogP contribution is -2.49. The Kier molecular flexibility index (Phi) is 4.84. The van der Waals surface area contributed by atoms with Crippen molar-refractivity contribution < 1.29 is 4.79 Å². The van der Waals surface area contributed by atoms with Gasteiger partial charge in [-0.15, -0.1) is 0 Å². The molecule has 1 fully saturated rings. The van der Waals surface area contributed by atoms with Crippen LogP contribution in [0.2, 0.25) is 0 Å². The minimum Gasteiger partial charge on any atom is -0.337 e. The van der Waals surface area contributed by atoms with Crippen molar-refractivity contribution >= 4 is 17.6 Å². The predicted octanol–water partition coefficient (Wildman–Crippen LogP) is 1.88. The second-order valence-corrected chi connectivity index (χ2v) is 5.72. The summed E-state index contributed by atoms with van der Waals surface area (Å²) in [6.45, 7) is 4.77. The van der Waals surface area contributed by atoms with Crippen molar-refractivity contribution in [2.24, 2.45) is 4.99 Å². The topological polar surface area (TPSA) is 61.7 Å². The second kappa shape index (κ2) is 7.21. The number of anilines is 1. The second-order valence-electron chi connectivity index (χ2n) is 5.72. The van der Waals surface area contributed by atoms with Crippen molar-refractivity contribution in [3.8, 4) is 0 Å². The third-order valence-corrected chi connectivity index (χ3v) is 4.26. The molecule has 1 saturated heterocycles. The molecule has 2 aromatic rings. The van der Waals surface area contributed by atoms with Crippen LogP contribution < -0.4 is 4.90 Å². The van der Waals surface area contributed by atoms with Gasteiger partial charge in [0.1, 0.15) is 0 Å². The van der Waals surface area contributed by atoms with E-state index in [9.17, 15) is 4.79 Å². The summed E-state index contributed by atoms with van der Waals surface area (Å²) >= 11 is 0. The van der Waals surface area contributed by atoms with Crippen molar-refractivity contribution in [1.29, 1.82) is 0 Å². The number of rotatable bonds is 3. The molecule has 0 N–H and O–H groups in total. The van der Waals surface area contributed by atoms with E-state index in [4.69, 9.17) is 0 Å². The van der Waals surface area contributed by atoms with E-state index in [-0.39, 0.29) is 5.91 Å². The zero-order valence-corrected chi connectivity index (χ0v) is 14.0. The van der Waals surface area contributed by atoms with E-state index in [0.29, 0.717) is 18.7 Å². The van der Waals surface area contributed by atoms with E-state index in [2.05, 4.69) is 19.9 Å². The molecule has 24 heavy (non-hydrogen) atoms. The fourth-order valence-corrected chi connectivity index (χ4v) is 2.75. The molecule has 0 spiro atoms. The van der Waals surface area contributed by atoms with E-state index >= 15 is 0 Å². The molecule has 6 heteroatoms. The van der Waals surface area contributed by atoms with Gasteiger partial charge in [0, 0.05) is 56.9 Å². The number of hydrogen-bond acceptors (Lipinski definition) is 5. The summed E-state index contributed by atoms with van der Waals surface area (Å²) in [4.78, 5) is 29.5. The zero-order valence-electron chi connectivity index (χ0n) is 14.0. The maximum absolute atomic E-state index is 12.7. The van der Waals surface area contributed by atoms with Crippen LogP contribution in [0.5, 0.6) is 0 Å². The van der Waals surface area contributed by atoms with Crippen LogP contribution in [0, 0.1) is 0 Å². The van der Waals surface area contributed by atoms with Gasteiger partial charge in [0.25, 0.3) is 5.91 Å². The molecular formula is C18H21N5O. The van der Waals surface area contributed by atoms with Gasteiger partial charge in [0.15, 0.2) is 0 Å². The van der Waals surface area contributed by atoms with Crippen molar-refractivity contribution in [3.05, 3.63) is 53.9 Å². The van der Waals surface area contributed by atoms with Gasteiger partial charge in [-0.25, -0.2) is 9.97 Å². The summed E-state index contributed by atoms with van der Waals surface area (Å²) < 4.78 is 0. The largest absolute Gasteiger partial charge is 0.337 e. The molecule has 1 aromatic heterocycles. The van der Waals surface area contributed by atoms with Crippen molar-refractivity contribution in [3.63, 3.8) is 0 Å². The number of benzene rings is 1. The van der Waals surface area contributed by atoms with Crippen molar-refractivity contribution in [2.75, 3.05) is 38.1 Å². The van der Waals surface area contributed by atoms with Gasteiger partial charge in [0.2, 0.25) is 5.95 Å². The first-order valence-corrected chi connectivity index (χ1v) is 8.04. The lowest BCUT2D eigenvalue weighted by molar-refractivity contribution is 0.0746. The van der Waals surface area contributed by atoms with Gasteiger partial charge >= 0.3 is 0 Å². The number of carbonyl (C=O) groups excluding carboxylic acids is 1. The number of piperazine rings is 1. The summed E-state index contributed by atoms with van der Waals surface area (Å²) in [5.74, 6) is 0.788.